The summed E-state index contributed by atoms with van der Waals surface area (Å²) in [5.41, 5.74) is 3.09. The number of ether oxygens (including phenoxy) is 3. The van der Waals surface area contributed by atoms with Crippen LogP contribution in [-0.4, -0.2) is 42.6 Å². The van der Waals surface area contributed by atoms with Crippen molar-refractivity contribution >= 4 is 26.3 Å². The van der Waals surface area contributed by atoms with Crippen LogP contribution >= 0.6 is 0 Å². The van der Waals surface area contributed by atoms with Gasteiger partial charge in [-0.15, -0.1) is 0 Å². The minimum Gasteiger partial charge on any atom is -0.459 e. The maximum absolute atomic E-state index is 11.2. The van der Waals surface area contributed by atoms with E-state index in [0.29, 0.717) is 29.9 Å². The number of benzene rings is 2. The standard InChI is InChI=1S/C22H24O9S2/c1-32(23,24)27-13-5-9-15-7-3-11-17-19(15)29-22-18-12-4-8-16(20(18)30-21(17)31-22)10-6-14-28-33(2,25)26/h3-5,7-9,11-12,21-22H,6,10,13-14H2,1-2H3/b9-5-. The van der Waals surface area contributed by atoms with Crippen molar-refractivity contribution in [3.63, 3.8) is 0 Å². The normalized spacial score (nSPS) is 19.5. The summed E-state index contributed by atoms with van der Waals surface area (Å²) in [7, 11) is -7.00. The molecule has 2 aliphatic rings. The van der Waals surface area contributed by atoms with Gasteiger partial charge in [-0.3, -0.25) is 13.1 Å². The molecule has 0 amide bonds. The highest BCUT2D eigenvalue weighted by Crippen LogP contribution is 2.49. The number of rotatable bonds is 9. The van der Waals surface area contributed by atoms with Crippen LogP contribution in [0.3, 0.4) is 0 Å². The summed E-state index contributed by atoms with van der Waals surface area (Å²) < 4.78 is 72.5. The zero-order valence-corrected chi connectivity index (χ0v) is 19.7. The van der Waals surface area contributed by atoms with Gasteiger partial charge in [-0.2, -0.15) is 16.8 Å². The Balaban J connectivity index is 1.53. The number of aryl methyl sites for hydroxylation is 1. The Labute approximate surface area is 193 Å². The van der Waals surface area contributed by atoms with Crippen molar-refractivity contribution in [2.45, 2.75) is 25.4 Å². The summed E-state index contributed by atoms with van der Waals surface area (Å²) in [5.74, 6) is 1.25. The molecule has 2 aliphatic heterocycles. The van der Waals surface area contributed by atoms with Crippen molar-refractivity contribution in [2.75, 3.05) is 25.7 Å². The first-order valence-corrected chi connectivity index (χ1v) is 13.8. The number of para-hydroxylation sites is 2. The number of hydrogen-bond donors (Lipinski definition) is 0. The summed E-state index contributed by atoms with van der Waals surface area (Å²) in [4.78, 5) is 0. The lowest BCUT2D eigenvalue weighted by Crippen LogP contribution is -2.31. The van der Waals surface area contributed by atoms with Crippen molar-refractivity contribution in [1.29, 1.82) is 0 Å². The lowest BCUT2D eigenvalue weighted by Gasteiger charge is -2.39. The first kappa shape index (κ1) is 23.7. The highest BCUT2D eigenvalue weighted by molar-refractivity contribution is 7.86. The van der Waals surface area contributed by atoms with E-state index in [9.17, 15) is 16.8 Å². The van der Waals surface area contributed by atoms with Crippen LogP contribution in [0.4, 0.5) is 0 Å². The van der Waals surface area contributed by atoms with Crippen LogP contribution in [0, 0.1) is 0 Å². The smallest absolute Gasteiger partial charge is 0.264 e. The number of hydrogen-bond acceptors (Lipinski definition) is 9. The number of fused-ring (bicyclic) bond motifs is 6. The summed E-state index contributed by atoms with van der Waals surface area (Å²) in [6.07, 6.45) is 5.05. The van der Waals surface area contributed by atoms with Gasteiger partial charge in [0.2, 0.25) is 12.6 Å². The molecule has 0 N–H and O–H groups in total. The van der Waals surface area contributed by atoms with Gasteiger partial charge in [0, 0.05) is 5.56 Å². The molecule has 2 atom stereocenters. The van der Waals surface area contributed by atoms with E-state index < -0.39 is 32.8 Å². The van der Waals surface area contributed by atoms with Crippen molar-refractivity contribution < 1.29 is 39.4 Å². The monoisotopic (exact) mass is 496 g/mol. The Morgan fingerprint density at radius 2 is 1.52 bits per heavy atom. The highest BCUT2D eigenvalue weighted by atomic mass is 32.2. The molecule has 0 aliphatic carbocycles. The Bertz CT molecular complexity index is 1270. The minimum atomic E-state index is -3.52. The van der Waals surface area contributed by atoms with Crippen molar-refractivity contribution in [3.05, 3.63) is 64.7 Å². The van der Waals surface area contributed by atoms with Crippen molar-refractivity contribution in [2.24, 2.45) is 0 Å². The van der Waals surface area contributed by atoms with E-state index in [4.69, 9.17) is 22.6 Å². The molecule has 9 nitrogen and oxygen atoms in total. The maximum Gasteiger partial charge on any atom is 0.264 e. The lowest BCUT2D eigenvalue weighted by molar-refractivity contribution is -0.227. The van der Waals surface area contributed by atoms with Gasteiger partial charge in [-0.25, -0.2) is 0 Å². The van der Waals surface area contributed by atoms with Crippen LogP contribution in [0.5, 0.6) is 11.5 Å². The SMILES string of the molecule is CS(=O)(=O)OC/C=C\c1cccc2c1OC1OC2Oc2c(CCCOS(C)(=O)=O)cccc21. The molecule has 0 radical (unpaired) electrons. The first-order chi connectivity index (χ1) is 15.6. The van der Waals surface area contributed by atoms with E-state index in [1.54, 1.807) is 12.2 Å². The average molecular weight is 497 g/mol. The Hall–Kier alpha value is -2.44. The summed E-state index contributed by atoms with van der Waals surface area (Å²) >= 11 is 0. The van der Waals surface area contributed by atoms with Gasteiger partial charge < -0.3 is 9.47 Å². The molecule has 0 saturated carbocycles. The molecule has 0 fully saturated rings. The first-order valence-electron chi connectivity index (χ1n) is 10.2. The van der Waals surface area contributed by atoms with E-state index >= 15 is 0 Å². The topological polar surface area (TPSA) is 114 Å². The van der Waals surface area contributed by atoms with E-state index in [0.717, 1.165) is 29.2 Å². The Morgan fingerprint density at radius 1 is 0.879 bits per heavy atom. The molecular formula is C22H24O9S2. The second-order valence-corrected chi connectivity index (χ2v) is 10.9. The van der Waals surface area contributed by atoms with Crippen LogP contribution in [0.25, 0.3) is 6.08 Å². The van der Waals surface area contributed by atoms with Crippen LogP contribution in [0.1, 0.15) is 41.3 Å². The molecule has 11 heteroatoms. The molecule has 4 rings (SSSR count). The third-order valence-electron chi connectivity index (χ3n) is 4.97. The fourth-order valence-electron chi connectivity index (χ4n) is 3.62. The third kappa shape index (κ3) is 5.92. The molecule has 2 aromatic carbocycles. The van der Waals surface area contributed by atoms with Gasteiger partial charge in [0.05, 0.1) is 36.9 Å². The summed E-state index contributed by atoms with van der Waals surface area (Å²) in [6, 6.07) is 11.2. The highest BCUT2D eigenvalue weighted by Gasteiger charge is 2.39. The Morgan fingerprint density at radius 3 is 2.21 bits per heavy atom. The fourth-order valence-corrected chi connectivity index (χ4v) is 4.37. The van der Waals surface area contributed by atoms with Crippen LogP contribution in [-0.2, 0) is 39.8 Å². The van der Waals surface area contributed by atoms with E-state index in [1.807, 2.05) is 36.4 Å². The van der Waals surface area contributed by atoms with Gasteiger partial charge >= 0.3 is 0 Å². The molecule has 2 aromatic rings. The molecule has 2 bridgehead atoms. The van der Waals surface area contributed by atoms with E-state index in [1.165, 1.54) is 0 Å². The average Bonchev–Trinajstić information content (AvgIpc) is 2.73. The van der Waals surface area contributed by atoms with Crippen LogP contribution in [0.2, 0.25) is 0 Å². The molecular weight excluding hydrogens is 472 g/mol. The van der Waals surface area contributed by atoms with Crippen molar-refractivity contribution in [1.82, 2.24) is 0 Å². The zero-order valence-electron chi connectivity index (χ0n) is 18.1. The predicted molar refractivity (Wildman–Crippen MR) is 120 cm³/mol. The lowest BCUT2D eigenvalue weighted by atomic mass is 10.0. The molecule has 0 saturated heterocycles. The van der Waals surface area contributed by atoms with Crippen LogP contribution in [0.15, 0.2) is 42.5 Å². The molecule has 2 unspecified atom stereocenters. The maximum atomic E-state index is 11.2. The predicted octanol–water partition coefficient (Wildman–Crippen LogP) is 3.08. The largest absolute Gasteiger partial charge is 0.459 e. The second kappa shape index (κ2) is 9.43. The zero-order chi connectivity index (χ0) is 23.6. The van der Waals surface area contributed by atoms with E-state index in [-0.39, 0.29) is 13.2 Å². The fraction of sp³-hybridized carbons (Fsp3) is 0.364. The quantitative estimate of drug-likeness (QED) is 0.381. The molecule has 0 aromatic heterocycles. The summed E-state index contributed by atoms with van der Waals surface area (Å²) in [6.45, 7) is 0.00152. The van der Waals surface area contributed by atoms with Gasteiger partial charge in [-0.05, 0) is 30.5 Å². The second-order valence-electron chi connectivity index (χ2n) is 7.66. The van der Waals surface area contributed by atoms with E-state index in [2.05, 4.69) is 0 Å². The van der Waals surface area contributed by atoms with Crippen LogP contribution < -0.4 is 9.47 Å². The molecule has 0 spiro atoms. The van der Waals surface area contributed by atoms with Gasteiger partial charge in [-0.1, -0.05) is 36.4 Å². The van der Waals surface area contributed by atoms with Crippen molar-refractivity contribution in [3.8, 4) is 11.5 Å². The Kier molecular flexibility index (Phi) is 6.78. The molecule has 33 heavy (non-hydrogen) atoms. The van der Waals surface area contributed by atoms with Gasteiger partial charge in [0.1, 0.15) is 11.5 Å². The van der Waals surface area contributed by atoms with Gasteiger partial charge in [0.25, 0.3) is 20.2 Å². The minimum absolute atomic E-state index is 0.0857. The molecule has 178 valence electrons. The molecule has 2 heterocycles. The van der Waals surface area contributed by atoms with Gasteiger partial charge in [0.15, 0.2) is 0 Å². The summed E-state index contributed by atoms with van der Waals surface area (Å²) in [5, 5.41) is 0. The third-order valence-corrected chi connectivity index (χ3v) is 6.13.